The van der Waals surface area contributed by atoms with E-state index in [-0.39, 0.29) is 6.10 Å². The van der Waals surface area contributed by atoms with E-state index >= 15 is 0 Å². The zero-order valence-electron chi connectivity index (χ0n) is 11.7. The number of rotatable bonds is 4. The summed E-state index contributed by atoms with van der Waals surface area (Å²) >= 11 is 5.98. The molecule has 3 heteroatoms. The van der Waals surface area contributed by atoms with Gasteiger partial charge in [-0.05, 0) is 50.3 Å². The van der Waals surface area contributed by atoms with Crippen LogP contribution in [0.25, 0.3) is 0 Å². The minimum Gasteiger partial charge on any atom is -0.490 e. The van der Waals surface area contributed by atoms with Crippen molar-refractivity contribution >= 4 is 11.6 Å². The van der Waals surface area contributed by atoms with Crippen LogP contribution >= 0.6 is 11.6 Å². The molecule has 0 aromatic heterocycles. The molecule has 0 saturated heterocycles. The van der Waals surface area contributed by atoms with Gasteiger partial charge in [-0.3, -0.25) is 0 Å². The molecule has 1 aromatic rings. The standard InChI is InChI=1S/C16H23ClO2/c1-3-12-5-4-6-14(9-12)19-16-8-7-13(17)10-15(16)11(2)18/h7-8,10-12,14,18H,3-6,9H2,1-2H3/t11-,12?,14?/m0/s1. The van der Waals surface area contributed by atoms with E-state index in [4.69, 9.17) is 16.3 Å². The fraction of sp³-hybridized carbons (Fsp3) is 0.625. The van der Waals surface area contributed by atoms with Gasteiger partial charge in [-0.1, -0.05) is 31.4 Å². The first-order valence-corrected chi connectivity index (χ1v) is 7.62. The number of hydrogen-bond donors (Lipinski definition) is 1. The van der Waals surface area contributed by atoms with Crippen molar-refractivity contribution in [2.75, 3.05) is 0 Å². The highest BCUT2D eigenvalue weighted by Crippen LogP contribution is 2.33. The maximum Gasteiger partial charge on any atom is 0.125 e. The molecular formula is C16H23ClO2. The number of hydrogen-bond acceptors (Lipinski definition) is 2. The Morgan fingerprint density at radius 2 is 2.21 bits per heavy atom. The Bertz CT molecular complexity index is 417. The molecule has 0 spiro atoms. The van der Waals surface area contributed by atoms with E-state index in [1.807, 2.05) is 12.1 Å². The van der Waals surface area contributed by atoms with Crippen molar-refractivity contribution in [2.45, 2.75) is 58.2 Å². The molecule has 1 N–H and O–H groups in total. The fourth-order valence-electron chi connectivity index (χ4n) is 2.85. The molecule has 3 atom stereocenters. The highest BCUT2D eigenvalue weighted by molar-refractivity contribution is 6.30. The predicted molar refractivity (Wildman–Crippen MR) is 78.8 cm³/mol. The van der Waals surface area contributed by atoms with Crippen LogP contribution in [0.4, 0.5) is 0 Å². The molecule has 0 amide bonds. The number of aliphatic hydroxyl groups is 1. The first kappa shape index (κ1) is 14.7. The van der Waals surface area contributed by atoms with Gasteiger partial charge in [0.15, 0.2) is 0 Å². The molecule has 1 aromatic carbocycles. The summed E-state index contributed by atoms with van der Waals surface area (Å²) < 4.78 is 6.12. The van der Waals surface area contributed by atoms with Crippen molar-refractivity contribution < 1.29 is 9.84 Å². The maximum atomic E-state index is 9.82. The lowest BCUT2D eigenvalue weighted by Crippen LogP contribution is -2.25. The van der Waals surface area contributed by atoms with Crippen LogP contribution in [-0.2, 0) is 0 Å². The third kappa shape index (κ3) is 3.87. The molecule has 0 aliphatic heterocycles. The first-order chi connectivity index (χ1) is 9.10. The Morgan fingerprint density at radius 1 is 1.42 bits per heavy atom. The van der Waals surface area contributed by atoms with Crippen molar-refractivity contribution in [3.8, 4) is 5.75 Å². The minimum absolute atomic E-state index is 0.275. The van der Waals surface area contributed by atoms with E-state index in [0.29, 0.717) is 5.02 Å². The van der Waals surface area contributed by atoms with Gasteiger partial charge in [0.05, 0.1) is 12.2 Å². The molecule has 1 aliphatic rings. The van der Waals surface area contributed by atoms with E-state index < -0.39 is 6.10 Å². The minimum atomic E-state index is -0.556. The average Bonchev–Trinajstić information content (AvgIpc) is 2.41. The van der Waals surface area contributed by atoms with E-state index in [2.05, 4.69) is 6.92 Å². The van der Waals surface area contributed by atoms with Crippen molar-refractivity contribution in [1.29, 1.82) is 0 Å². The van der Waals surface area contributed by atoms with Crippen molar-refractivity contribution in [3.63, 3.8) is 0 Å². The Labute approximate surface area is 120 Å². The van der Waals surface area contributed by atoms with Crippen LogP contribution < -0.4 is 4.74 Å². The number of benzene rings is 1. The van der Waals surface area contributed by atoms with E-state index in [1.165, 1.54) is 19.3 Å². The van der Waals surface area contributed by atoms with Crippen LogP contribution in [0.15, 0.2) is 18.2 Å². The largest absolute Gasteiger partial charge is 0.490 e. The summed E-state index contributed by atoms with van der Waals surface area (Å²) in [6.07, 6.45) is 5.73. The van der Waals surface area contributed by atoms with Gasteiger partial charge >= 0.3 is 0 Å². The Hall–Kier alpha value is -0.730. The molecule has 106 valence electrons. The lowest BCUT2D eigenvalue weighted by molar-refractivity contribution is 0.115. The molecule has 2 nitrogen and oxygen atoms in total. The third-order valence-electron chi connectivity index (χ3n) is 4.03. The van der Waals surface area contributed by atoms with Crippen molar-refractivity contribution in [1.82, 2.24) is 0 Å². The van der Waals surface area contributed by atoms with Crippen LogP contribution in [0.1, 0.15) is 57.6 Å². The van der Waals surface area contributed by atoms with Crippen LogP contribution in [0.2, 0.25) is 5.02 Å². The second kappa shape index (κ2) is 6.62. The summed E-state index contributed by atoms with van der Waals surface area (Å²) in [4.78, 5) is 0. The average molecular weight is 283 g/mol. The molecule has 0 radical (unpaired) electrons. The predicted octanol–water partition coefficient (Wildman–Crippen LogP) is 4.74. The van der Waals surface area contributed by atoms with Crippen LogP contribution in [0, 0.1) is 5.92 Å². The molecular weight excluding hydrogens is 260 g/mol. The molecule has 2 rings (SSSR count). The highest BCUT2D eigenvalue weighted by Gasteiger charge is 2.23. The summed E-state index contributed by atoms with van der Waals surface area (Å²) in [6, 6.07) is 5.49. The molecule has 19 heavy (non-hydrogen) atoms. The summed E-state index contributed by atoms with van der Waals surface area (Å²) in [5, 5.41) is 10.5. The summed E-state index contributed by atoms with van der Waals surface area (Å²) in [6.45, 7) is 3.99. The SMILES string of the molecule is CCC1CCCC(Oc2ccc(Cl)cc2[C@H](C)O)C1. The molecule has 1 saturated carbocycles. The van der Waals surface area contributed by atoms with Gasteiger partial charge in [-0.25, -0.2) is 0 Å². The highest BCUT2D eigenvalue weighted by atomic mass is 35.5. The second-order valence-corrected chi connectivity index (χ2v) is 5.98. The Morgan fingerprint density at radius 3 is 2.89 bits per heavy atom. The third-order valence-corrected chi connectivity index (χ3v) is 4.26. The lowest BCUT2D eigenvalue weighted by atomic mass is 9.85. The Kier molecular flexibility index (Phi) is 5.12. The van der Waals surface area contributed by atoms with E-state index in [9.17, 15) is 5.11 Å². The summed E-state index contributed by atoms with van der Waals surface area (Å²) in [5.74, 6) is 1.56. The van der Waals surface area contributed by atoms with Crippen LogP contribution in [0.5, 0.6) is 5.75 Å². The van der Waals surface area contributed by atoms with E-state index in [1.54, 1.807) is 13.0 Å². The maximum absolute atomic E-state index is 9.82. The van der Waals surface area contributed by atoms with Crippen LogP contribution in [0.3, 0.4) is 0 Å². The van der Waals surface area contributed by atoms with Crippen molar-refractivity contribution in [3.05, 3.63) is 28.8 Å². The van der Waals surface area contributed by atoms with Gasteiger partial charge in [-0.2, -0.15) is 0 Å². The van der Waals surface area contributed by atoms with Crippen LogP contribution in [-0.4, -0.2) is 11.2 Å². The van der Waals surface area contributed by atoms with Gasteiger partial charge in [0, 0.05) is 10.6 Å². The molecule has 2 unspecified atom stereocenters. The van der Waals surface area contributed by atoms with Gasteiger partial charge in [0.25, 0.3) is 0 Å². The molecule has 0 heterocycles. The smallest absolute Gasteiger partial charge is 0.125 e. The topological polar surface area (TPSA) is 29.5 Å². The van der Waals surface area contributed by atoms with Gasteiger partial charge in [-0.15, -0.1) is 0 Å². The number of ether oxygens (including phenoxy) is 1. The van der Waals surface area contributed by atoms with Gasteiger partial charge < -0.3 is 9.84 Å². The van der Waals surface area contributed by atoms with Crippen molar-refractivity contribution in [2.24, 2.45) is 5.92 Å². The summed E-state index contributed by atoms with van der Waals surface area (Å²) in [7, 11) is 0. The molecule has 0 bridgehead atoms. The quantitative estimate of drug-likeness (QED) is 0.864. The number of aliphatic hydroxyl groups excluding tert-OH is 1. The van der Waals surface area contributed by atoms with Gasteiger partial charge in [0.2, 0.25) is 0 Å². The zero-order valence-corrected chi connectivity index (χ0v) is 12.5. The number of halogens is 1. The van der Waals surface area contributed by atoms with E-state index in [0.717, 1.165) is 30.1 Å². The lowest BCUT2D eigenvalue weighted by Gasteiger charge is -2.30. The molecule has 1 aliphatic carbocycles. The first-order valence-electron chi connectivity index (χ1n) is 7.24. The summed E-state index contributed by atoms with van der Waals surface area (Å²) in [5.41, 5.74) is 0.783. The monoisotopic (exact) mass is 282 g/mol. The Balaban J connectivity index is 2.10. The normalized spacial score (nSPS) is 25.1. The fourth-order valence-corrected chi connectivity index (χ4v) is 3.03. The zero-order chi connectivity index (χ0) is 13.8. The van der Waals surface area contributed by atoms with Gasteiger partial charge in [0.1, 0.15) is 5.75 Å². The molecule has 1 fully saturated rings. The second-order valence-electron chi connectivity index (χ2n) is 5.54.